The molecular formula is C12H13Cl2NO5S. The highest BCUT2D eigenvalue weighted by molar-refractivity contribution is 7.90. The standard InChI is InChI=1S/C12H13Cl2NO5S/c1-21(19,20)5-4-10(12(17)18)15-11(16)8-3-2-7(13)6-9(8)14/h2-3,6,10H,4-5H2,1H3,(H,15,16)(H,17,18). The van der Waals surface area contributed by atoms with E-state index in [2.05, 4.69) is 5.32 Å². The second-order valence-electron chi connectivity index (χ2n) is 4.41. The summed E-state index contributed by atoms with van der Waals surface area (Å²) in [7, 11) is -3.33. The minimum Gasteiger partial charge on any atom is -0.480 e. The first-order valence-corrected chi connectivity index (χ1v) is 8.58. The Morgan fingerprint density at radius 2 is 1.95 bits per heavy atom. The largest absolute Gasteiger partial charge is 0.480 e. The number of halogens is 2. The Kier molecular flexibility index (Phi) is 6.00. The van der Waals surface area contributed by atoms with Gasteiger partial charge in [-0.15, -0.1) is 0 Å². The lowest BCUT2D eigenvalue weighted by molar-refractivity contribution is -0.139. The lowest BCUT2D eigenvalue weighted by atomic mass is 10.1. The van der Waals surface area contributed by atoms with Crippen molar-refractivity contribution in [2.75, 3.05) is 12.0 Å². The molecule has 0 spiro atoms. The van der Waals surface area contributed by atoms with E-state index in [1.807, 2.05) is 0 Å². The van der Waals surface area contributed by atoms with Crippen molar-refractivity contribution in [3.63, 3.8) is 0 Å². The van der Waals surface area contributed by atoms with E-state index in [-0.39, 0.29) is 22.8 Å². The van der Waals surface area contributed by atoms with Crippen LogP contribution in [0.1, 0.15) is 16.8 Å². The molecule has 1 unspecified atom stereocenters. The maximum atomic E-state index is 12.0. The summed E-state index contributed by atoms with van der Waals surface area (Å²) in [6.07, 6.45) is 0.759. The van der Waals surface area contributed by atoms with Crippen LogP contribution in [0.15, 0.2) is 18.2 Å². The molecular weight excluding hydrogens is 341 g/mol. The van der Waals surface area contributed by atoms with Crippen molar-refractivity contribution in [2.24, 2.45) is 0 Å². The number of amides is 1. The van der Waals surface area contributed by atoms with Gasteiger partial charge in [-0.25, -0.2) is 13.2 Å². The normalized spacial score (nSPS) is 12.7. The van der Waals surface area contributed by atoms with Crippen molar-refractivity contribution in [1.29, 1.82) is 0 Å². The van der Waals surface area contributed by atoms with Crippen LogP contribution in [0.2, 0.25) is 10.0 Å². The molecule has 6 nitrogen and oxygen atoms in total. The fraction of sp³-hybridized carbons (Fsp3) is 0.333. The van der Waals surface area contributed by atoms with Crippen LogP contribution in [-0.2, 0) is 14.6 Å². The van der Waals surface area contributed by atoms with Gasteiger partial charge >= 0.3 is 5.97 Å². The molecule has 1 atom stereocenters. The molecule has 0 heterocycles. The first kappa shape index (κ1) is 17.7. The third kappa shape index (κ3) is 5.91. The summed E-state index contributed by atoms with van der Waals surface area (Å²) in [6, 6.07) is 2.83. The molecule has 0 saturated carbocycles. The summed E-state index contributed by atoms with van der Waals surface area (Å²) in [4.78, 5) is 23.0. The number of nitrogens with one attached hydrogen (secondary N) is 1. The van der Waals surface area contributed by atoms with Crippen molar-refractivity contribution in [2.45, 2.75) is 12.5 Å². The molecule has 0 aromatic heterocycles. The maximum absolute atomic E-state index is 12.0. The Balaban J connectivity index is 2.84. The maximum Gasteiger partial charge on any atom is 0.326 e. The third-order valence-corrected chi connectivity index (χ3v) is 4.08. The molecule has 1 aromatic rings. The van der Waals surface area contributed by atoms with Crippen molar-refractivity contribution >= 4 is 44.9 Å². The number of carbonyl (C=O) groups excluding carboxylic acids is 1. The molecule has 2 N–H and O–H groups in total. The number of carboxylic acids is 1. The van der Waals surface area contributed by atoms with Gasteiger partial charge in [-0.1, -0.05) is 23.2 Å². The molecule has 1 rings (SSSR count). The van der Waals surface area contributed by atoms with Crippen LogP contribution in [0.5, 0.6) is 0 Å². The van der Waals surface area contributed by atoms with Gasteiger partial charge in [0.1, 0.15) is 15.9 Å². The van der Waals surface area contributed by atoms with E-state index in [0.717, 1.165) is 6.26 Å². The quantitative estimate of drug-likeness (QED) is 0.808. The van der Waals surface area contributed by atoms with Crippen molar-refractivity contribution in [3.05, 3.63) is 33.8 Å². The zero-order chi connectivity index (χ0) is 16.2. The van der Waals surface area contributed by atoms with E-state index < -0.39 is 27.8 Å². The molecule has 21 heavy (non-hydrogen) atoms. The molecule has 116 valence electrons. The van der Waals surface area contributed by atoms with Crippen LogP contribution >= 0.6 is 23.2 Å². The van der Waals surface area contributed by atoms with Crippen LogP contribution in [0.4, 0.5) is 0 Å². The minimum atomic E-state index is -3.33. The van der Waals surface area contributed by atoms with E-state index in [1.165, 1.54) is 18.2 Å². The second-order valence-corrected chi connectivity index (χ2v) is 7.51. The van der Waals surface area contributed by atoms with Crippen molar-refractivity contribution in [3.8, 4) is 0 Å². The lowest BCUT2D eigenvalue weighted by Gasteiger charge is -2.14. The van der Waals surface area contributed by atoms with Crippen LogP contribution in [0.25, 0.3) is 0 Å². The molecule has 0 fully saturated rings. The fourth-order valence-electron chi connectivity index (χ4n) is 1.50. The van der Waals surface area contributed by atoms with E-state index in [0.29, 0.717) is 5.02 Å². The van der Waals surface area contributed by atoms with Crippen LogP contribution in [0, 0.1) is 0 Å². The number of benzene rings is 1. The summed E-state index contributed by atoms with van der Waals surface area (Å²) in [6.45, 7) is 0. The average molecular weight is 354 g/mol. The highest BCUT2D eigenvalue weighted by Gasteiger charge is 2.23. The monoisotopic (exact) mass is 353 g/mol. The third-order valence-electron chi connectivity index (χ3n) is 2.56. The number of sulfone groups is 1. The molecule has 1 aromatic carbocycles. The van der Waals surface area contributed by atoms with Crippen molar-refractivity contribution < 1.29 is 23.1 Å². The number of hydrogen-bond donors (Lipinski definition) is 2. The predicted molar refractivity (Wildman–Crippen MR) is 79.7 cm³/mol. The highest BCUT2D eigenvalue weighted by atomic mass is 35.5. The molecule has 0 aliphatic carbocycles. The van der Waals surface area contributed by atoms with Gasteiger partial charge in [-0.2, -0.15) is 0 Å². The van der Waals surface area contributed by atoms with Crippen LogP contribution in [-0.4, -0.2) is 43.5 Å². The fourth-order valence-corrected chi connectivity index (χ4v) is 2.66. The lowest BCUT2D eigenvalue weighted by Crippen LogP contribution is -2.42. The van der Waals surface area contributed by atoms with E-state index in [1.54, 1.807) is 0 Å². The Hall–Kier alpha value is -1.31. The number of hydrogen-bond acceptors (Lipinski definition) is 4. The Labute approximate surface area is 132 Å². The summed E-state index contributed by atoms with van der Waals surface area (Å²) < 4.78 is 22.1. The molecule has 0 radical (unpaired) electrons. The predicted octanol–water partition coefficient (Wildman–Crippen LogP) is 1.61. The van der Waals surface area contributed by atoms with Gasteiger partial charge in [0, 0.05) is 11.3 Å². The Morgan fingerprint density at radius 3 is 2.43 bits per heavy atom. The first-order valence-electron chi connectivity index (χ1n) is 5.76. The first-order chi connectivity index (χ1) is 9.60. The number of rotatable bonds is 6. The van der Waals surface area contributed by atoms with Crippen LogP contribution < -0.4 is 5.32 Å². The zero-order valence-electron chi connectivity index (χ0n) is 11.0. The van der Waals surface area contributed by atoms with Crippen LogP contribution in [0.3, 0.4) is 0 Å². The SMILES string of the molecule is CS(=O)(=O)CCC(NC(=O)c1ccc(Cl)cc1Cl)C(=O)O. The molecule has 0 aliphatic rings. The van der Waals surface area contributed by atoms with Gasteiger partial charge in [0.2, 0.25) is 0 Å². The van der Waals surface area contributed by atoms with Gasteiger partial charge in [0.25, 0.3) is 5.91 Å². The Bertz CT molecular complexity index is 660. The van der Waals surface area contributed by atoms with Gasteiger partial charge in [-0.3, -0.25) is 4.79 Å². The van der Waals surface area contributed by atoms with Gasteiger partial charge in [0.05, 0.1) is 16.3 Å². The molecule has 0 bridgehead atoms. The highest BCUT2D eigenvalue weighted by Crippen LogP contribution is 2.21. The summed E-state index contributed by atoms with van der Waals surface area (Å²) >= 11 is 11.5. The summed E-state index contributed by atoms with van der Waals surface area (Å²) in [5.74, 6) is -2.38. The van der Waals surface area contributed by atoms with Gasteiger partial charge in [0.15, 0.2) is 0 Å². The van der Waals surface area contributed by atoms with E-state index in [4.69, 9.17) is 28.3 Å². The van der Waals surface area contributed by atoms with Gasteiger partial charge < -0.3 is 10.4 Å². The Morgan fingerprint density at radius 1 is 1.33 bits per heavy atom. The zero-order valence-corrected chi connectivity index (χ0v) is 13.3. The molecule has 0 aliphatic heterocycles. The summed E-state index contributed by atoms with van der Waals surface area (Å²) in [5, 5.41) is 11.7. The van der Waals surface area contributed by atoms with E-state index in [9.17, 15) is 18.0 Å². The topological polar surface area (TPSA) is 101 Å². The average Bonchev–Trinajstić information content (AvgIpc) is 2.32. The number of carbonyl (C=O) groups is 2. The second kappa shape index (κ2) is 7.11. The summed E-state index contributed by atoms with van der Waals surface area (Å²) in [5.41, 5.74) is 0.0617. The number of carboxylic acid groups (broad SMARTS) is 1. The minimum absolute atomic E-state index is 0.0617. The number of aliphatic carboxylic acids is 1. The smallest absolute Gasteiger partial charge is 0.326 e. The molecule has 0 saturated heterocycles. The van der Waals surface area contributed by atoms with E-state index >= 15 is 0 Å². The van der Waals surface area contributed by atoms with Gasteiger partial charge in [-0.05, 0) is 24.6 Å². The van der Waals surface area contributed by atoms with Crippen molar-refractivity contribution in [1.82, 2.24) is 5.32 Å². The molecule has 1 amide bonds. The molecule has 9 heteroatoms.